The normalized spacial score (nSPS) is 11.4. The van der Waals surface area contributed by atoms with Gasteiger partial charge in [0, 0.05) is 19.8 Å². The Hall–Kier alpha value is -2.15. The van der Waals surface area contributed by atoms with Crippen molar-refractivity contribution in [3.63, 3.8) is 0 Å². The van der Waals surface area contributed by atoms with Gasteiger partial charge < -0.3 is 10.4 Å². The second-order valence-corrected chi connectivity index (χ2v) is 6.47. The molecule has 0 unspecified atom stereocenters. The molecule has 23 heavy (non-hydrogen) atoms. The molecule has 0 bridgehead atoms. The van der Waals surface area contributed by atoms with Gasteiger partial charge in [0.1, 0.15) is 5.69 Å². The van der Waals surface area contributed by atoms with Crippen LogP contribution in [0.3, 0.4) is 0 Å². The van der Waals surface area contributed by atoms with E-state index in [-0.39, 0.29) is 12.5 Å². The van der Waals surface area contributed by atoms with Crippen LogP contribution in [0.4, 0.5) is 0 Å². The Morgan fingerprint density at radius 2 is 2.09 bits per heavy atom. The van der Waals surface area contributed by atoms with Crippen molar-refractivity contribution in [2.75, 3.05) is 6.54 Å². The number of nitrogens with one attached hydrogen (secondary N) is 1. The van der Waals surface area contributed by atoms with E-state index < -0.39 is 11.4 Å². The van der Waals surface area contributed by atoms with Crippen LogP contribution >= 0.6 is 11.3 Å². The number of hydrogen-bond donors (Lipinski definition) is 2. The lowest BCUT2D eigenvalue weighted by molar-refractivity contribution is -0.149. The first-order chi connectivity index (χ1) is 10.9. The molecule has 0 aliphatic rings. The minimum atomic E-state index is -0.930. The highest BCUT2D eigenvalue weighted by atomic mass is 32.1. The average Bonchev–Trinajstić information content (AvgIpc) is 3.17. The summed E-state index contributed by atoms with van der Waals surface area (Å²) in [6.07, 6.45) is 2.58. The maximum Gasteiger partial charge on any atom is 0.311 e. The molecule has 2 aromatic heterocycles. The predicted octanol–water partition coefficient (Wildman–Crippen LogP) is 2.77. The van der Waals surface area contributed by atoms with Crippen LogP contribution in [-0.2, 0) is 11.8 Å². The van der Waals surface area contributed by atoms with Crippen molar-refractivity contribution < 1.29 is 14.7 Å². The first-order valence-electron chi connectivity index (χ1n) is 7.52. The quantitative estimate of drug-likeness (QED) is 0.815. The topological polar surface area (TPSA) is 84.2 Å². The number of hydrogen-bond acceptors (Lipinski definition) is 4. The number of carboxylic acids is 1. The number of nitrogens with zero attached hydrogens (tertiary/aromatic N) is 2. The Morgan fingerprint density at radius 1 is 1.39 bits per heavy atom. The molecule has 0 fully saturated rings. The fourth-order valence-electron chi connectivity index (χ4n) is 2.47. The Balaban J connectivity index is 2.21. The van der Waals surface area contributed by atoms with Crippen molar-refractivity contribution in [1.82, 2.24) is 15.1 Å². The van der Waals surface area contributed by atoms with E-state index in [0.717, 1.165) is 4.88 Å². The van der Waals surface area contributed by atoms with E-state index in [9.17, 15) is 14.7 Å². The van der Waals surface area contributed by atoms with Gasteiger partial charge in [-0.05, 0) is 24.3 Å². The van der Waals surface area contributed by atoms with Crippen LogP contribution in [0.2, 0.25) is 0 Å². The molecule has 2 rings (SSSR count). The zero-order chi connectivity index (χ0) is 17.0. The predicted molar refractivity (Wildman–Crippen MR) is 89.5 cm³/mol. The standard InChI is InChI=1S/C16H21N3O3S/c1-4-16(5-2,15(21)22)10-17-14(20)11-9-19(3)18-13(11)12-7-6-8-23-12/h6-9H,4-5,10H2,1-3H3,(H,17,20)(H,21,22). The smallest absolute Gasteiger partial charge is 0.311 e. The zero-order valence-electron chi connectivity index (χ0n) is 13.5. The molecule has 6 nitrogen and oxygen atoms in total. The molecule has 1 amide bonds. The number of carboxylic acid groups (broad SMARTS) is 1. The van der Waals surface area contributed by atoms with E-state index in [1.165, 1.54) is 11.3 Å². The van der Waals surface area contributed by atoms with Gasteiger partial charge in [-0.2, -0.15) is 5.10 Å². The Bertz CT molecular complexity index is 687. The molecule has 2 aromatic rings. The molecule has 0 atom stereocenters. The van der Waals surface area contributed by atoms with E-state index in [2.05, 4.69) is 10.4 Å². The summed E-state index contributed by atoms with van der Waals surface area (Å²) < 4.78 is 1.59. The minimum Gasteiger partial charge on any atom is -0.481 e. The Kier molecular flexibility index (Phi) is 5.20. The second-order valence-electron chi connectivity index (χ2n) is 5.52. The maximum atomic E-state index is 12.5. The van der Waals surface area contributed by atoms with Crippen LogP contribution in [0.1, 0.15) is 37.0 Å². The maximum absolute atomic E-state index is 12.5. The van der Waals surface area contributed by atoms with Gasteiger partial charge in [0.2, 0.25) is 0 Å². The van der Waals surface area contributed by atoms with Crippen LogP contribution in [0, 0.1) is 5.41 Å². The van der Waals surface area contributed by atoms with E-state index in [1.807, 2.05) is 31.4 Å². The van der Waals surface area contributed by atoms with Crippen LogP contribution in [0.25, 0.3) is 10.6 Å². The second kappa shape index (κ2) is 6.95. The number of amides is 1. The van der Waals surface area contributed by atoms with Crippen molar-refractivity contribution in [1.29, 1.82) is 0 Å². The fourth-order valence-corrected chi connectivity index (χ4v) is 3.20. The van der Waals surface area contributed by atoms with Crippen molar-refractivity contribution in [3.8, 4) is 10.6 Å². The summed E-state index contributed by atoms with van der Waals surface area (Å²) in [5.41, 5.74) is 0.149. The van der Waals surface area contributed by atoms with Crippen molar-refractivity contribution >= 4 is 23.2 Å². The van der Waals surface area contributed by atoms with Crippen molar-refractivity contribution in [3.05, 3.63) is 29.3 Å². The lowest BCUT2D eigenvalue weighted by atomic mass is 9.82. The third-order valence-electron chi connectivity index (χ3n) is 4.22. The molecular weight excluding hydrogens is 314 g/mol. The van der Waals surface area contributed by atoms with Gasteiger partial charge in [-0.3, -0.25) is 14.3 Å². The molecule has 124 valence electrons. The van der Waals surface area contributed by atoms with Crippen molar-refractivity contribution in [2.24, 2.45) is 12.5 Å². The number of carbonyl (C=O) groups is 2. The lowest BCUT2D eigenvalue weighted by Crippen LogP contribution is -2.42. The molecule has 0 saturated heterocycles. The van der Waals surface area contributed by atoms with Crippen molar-refractivity contribution in [2.45, 2.75) is 26.7 Å². The van der Waals surface area contributed by atoms with Gasteiger partial charge >= 0.3 is 5.97 Å². The van der Waals surface area contributed by atoms with Crippen LogP contribution in [-0.4, -0.2) is 33.3 Å². The fraction of sp³-hybridized carbons (Fsp3) is 0.438. The number of aryl methyl sites for hydroxylation is 1. The first kappa shape index (κ1) is 17.2. The average molecular weight is 335 g/mol. The summed E-state index contributed by atoms with van der Waals surface area (Å²) >= 11 is 1.51. The molecule has 0 aliphatic heterocycles. The number of rotatable bonds is 7. The summed E-state index contributed by atoms with van der Waals surface area (Å²) in [7, 11) is 1.76. The zero-order valence-corrected chi connectivity index (χ0v) is 14.3. The highest BCUT2D eigenvalue weighted by Crippen LogP contribution is 2.28. The van der Waals surface area contributed by atoms with Gasteiger partial charge in [0.25, 0.3) is 5.91 Å². The summed E-state index contributed by atoms with van der Waals surface area (Å²) in [5.74, 6) is -1.18. The highest BCUT2D eigenvalue weighted by molar-refractivity contribution is 7.13. The molecule has 0 aliphatic carbocycles. The van der Waals surface area contributed by atoms with E-state index in [0.29, 0.717) is 24.1 Å². The van der Waals surface area contributed by atoms with Gasteiger partial charge in [0.15, 0.2) is 0 Å². The van der Waals surface area contributed by atoms with Crippen LogP contribution < -0.4 is 5.32 Å². The Labute approximate surface area is 139 Å². The molecule has 2 heterocycles. The van der Waals surface area contributed by atoms with Gasteiger partial charge in [-0.25, -0.2) is 0 Å². The molecule has 0 spiro atoms. The van der Waals surface area contributed by atoms with E-state index >= 15 is 0 Å². The van der Waals surface area contributed by atoms with Gasteiger partial charge in [-0.1, -0.05) is 19.9 Å². The minimum absolute atomic E-state index is 0.104. The first-order valence-corrected chi connectivity index (χ1v) is 8.40. The summed E-state index contributed by atoms with van der Waals surface area (Å²) in [5, 5.41) is 18.5. The molecular formula is C16H21N3O3S. The molecule has 0 radical (unpaired) electrons. The molecule has 2 N–H and O–H groups in total. The summed E-state index contributed by atoms with van der Waals surface area (Å²) in [6, 6.07) is 3.81. The molecule has 7 heteroatoms. The number of aliphatic carboxylic acids is 1. The third kappa shape index (κ3) is 3.44. The van der Waals surface area contributed by atoms with Crippen LogP contribution in [0.15, 0.2) is 23.7 Å². The highest BCUT2D eigenvalue weighted by Gasteiger charge is 2.35. The number of aromatic nitrogens is 2. The SMILES string of the molecule is CCC(CC)(CNC(=O)c1cn(C)nc1-c1cccs1)C(=O)O. The summed E-state index contributed by atoms with van der Waals surface area (Å²) in [6.45, 7) is 3.75. The van der Waals surface area contributed by atoms with Crippen LogP contribution in [0.5, 0.6) is 0 Å². The Morgan fingerprint density at radius 3 is 2.61 bits per heavy atom. The monoisotopic (exact) mass is 335 g/mol. The number of carbonyl (C=O) groups excluding carboxylic acids is 1. The summed E-state index contributed by atoms with van der Waals surface area (Å²) in [4.78, 5) is 25.0. The molecule has 0 aromatic carbocycles. The molecule has 0 saturated carbocycles. The number of thiophene rings is 1. The lowest BCUT2D eigenvalue weighted by Gasteiger charge is -2.26. The van der Waals surface area contributed by atoms with Gasteiger partial charge in [0.05, 0.1) is 15.9 Å². The third-order valence-corrected chi connectivity index (χ3v) is 5.10. The van der Waals surface area contributed by atoms with Gasteiger partial charge in [-0.15, -0.1) is 11.3 Å². The largest absolute Gasteiger partial charge is 0.481 e. The van der Waals surface area contributed by atoms with E-state index in [1.54, 1.807) is 17.9 Å². The van der Waals surface area contributed by atoms with E-state index in [4.69, 9.17) is 0 Å².